The van der Waals surface area contributed by atoms with Gasteiger partial charge in [0.1, 0.15) is 10.8 Å². The Hall–Kier alpha value is -1.31. The van der Waals surface area contributed by atoms with E-state index in [2.05, 4.69) is 18.1 Å². The third kappa shape index (κ3) is 1.35. The van der Waals surface area contributed by atoms with Gasteiger partial charge >= 0.3 is 0 Å². The van der Waals surface area contributed by atoms with Crippen LogP contribution in [0.25, 0.3) is 12.7 Å². The van der Waals surface area contributed by atoms with Crippen molar-refractivity contribution >= 4 is 12.7 Å². The Morgan fingerprint density at radius 1 is 1.80 bits per heavy atom. The molecule has 0 amide bonds. The van der Waals surface area contributed by atoms with E-state index in [1.165, 1.54) is 6.39 Å². The van der Waals surface area contributed by atoms with Gasteiger partial charge in [0.15, 0.2) is 6.39 Å². The predicted octanol–water partition coefficient (Wildman–Crippen LogP) is 0.441. The smallest absolute Gasteiger partial charge is 0.181 e. The van der Waals surface area contributed by atoms with Gasteiger partial charge < -0.3 is 4.42 Å². The minimum Gasteiger partial charge on any atom is -0.444 e. The average Bonchev–Trinajstić information content (AvgIpc) is 2.15. The molecule has 0 aliphatic heterocycles. The Bertz CT molecular complexity index is 334. The van der Waals surface area contributed by atoms with Gasteiger partial charge in [0, 0.05) is 0 Å². The zero-order chi connectivity index (χ0) is 7.56. The van der Waals surface area contributed by atoms with Gasteiger partial charge in [0.05, 0.1) is 0 Å². The topological polar surface area (TPSA) is 26.0 Å². The first-order valence-electron chi connectivity index (χ1n) is 2.96. The molecule has 10 heavy (non-hydrogen) atoms. The van der Waals surface area contributed by atoms with Gasteiger partial charge in [0.2, 0.25) is 0 Å². The Kier molecular flexibility index (Phi) is 1.71. The number of hydrogen-bond donors (Lipinski definition) is 0. The number of allylic oxidation sites excluding steroid dienone is 1. The molecule has 1 aromatic rings. The highest BCUT2D eigenvalue weighted by Gasteiger charge is 1.84. The van der Waals surface area contributed by atoms with Crippen molar-refractivity contribution in [2.45, 2.75) is 6.92 Å². The van der Waals surface area contributed by atoms with Crippen LogP contribution >= 0.6 is 0 Å². The summed E-state index contributed by atoms with van der Waals surface area (Å²) in [5, 5.41) is 0.757. The van der Waals surface area contributed by atoms with Crippen LogP contribution in [0.15, 0.2) is 23.0 Å². The highest BCUT2D eigenvalue weighted by molar-refractivity contribution is 5.40. The van der Waals surface area contributed by atoms with Gasteiger partial charge in [-0.2, -0.15) is 0 Å². The lowest BCUT2D eigenvalue weighted by Gasteiger charge is -1.78. The Morgan fingerprint density at radius 2 is 2.50 bits per heavy atom. The second kappa shape index (κ2) is 2.52. The highest BCUT2D eigenvalue weighted by Crippen LogP contribution is 1.83. The van der Waals surface area contributed by atoms with E-state index < -0.39 is 0 Å². The summed E-state index contributed by atoms with van der Waals surface area (Å²) in [6, 6.07) is 0. The number of oxazole rings is 1. The van der Waals surface area contributed by atoms with E-state index in [-0.39, 0.29) is 0 Å². The highest BCUT2D eigenvalue weighted by atomic mass is 16.3. The molecule has 0 N–H and O–H groups in total. The lowest BCUT2D eigenvalue weighted by atomic mass is 10.3. The summed E-state index contributed by atoms with van der Waals surface area (Å²) in [6.45, 7) is 9.24. The largest absolute Gasteiger partial charge is 0.444 e. The minimum atomic E-state index is 0.586. The van der Waals surface area contributed by atoms with Crippen LogP contribution in [-0.4, -0.2) is 4.98 Å². The van der Waals surface area contributed by atoms with Crippen molar-refractivity contribution in [3.8, 4) is 0 Å². The van der Waals surface area contributed by atoms with Crippen LogP contribution in [0.4, 0.5) is 0 Å². The summed E-state index contributed by atoms with van der Waals surface area (Å²) in [5.74, 6) is 0. The molecule has 52 valence electrons. The molecular formula is C8H9NO. The van der Waals surface area contributed by atoms with Crippen LogP contribution in [-0.2, 0) is 0 Å². The van der Waals surface area contributed by atoms with Crippen LogP contribution < -0.4 is 10.8 Å². The van der Waals surface area contributed by atoms with Crippen LogP contribution in [0.2, 0.25) is 0 Å². The molecule has 0 fully saturated rings. The van der Waals surface area contributed by atoms with Gasteiger partial charge in [-0.05, 0) is 13.0 Å². The zero-order valence-electron chi connectivity index (χ0n) is 5.92. The maximum Gasteiger partial charge on any atom is 0.181 e. The molecule has 0 saturated carbocycles. The Balaban J connectivity index is 3.29. The molecule has 0 radical (unpaired) electrons. The van der Waals surface area contributed by atoms with Crippen molar-refractivity contribution < 1.29 is 4.42 Å². The fourth-order valence-electron chi connectivity index (χ4n) is 0.630. The minimum absolute atomic E-state index is 0.586. The van der Waals surface area contributed by atoms with Crippen molar-refractivity contribution in [2.75, 3.05) is 0 Å². The van der Waals surface area contributed by atoms with E-state index in [1.807, 2.05) is 13.0 Å². The summed E-state index contributed by atoms with van der Waals surface area (Å²) >= 11 is 0. The van der Waals surface area contributed by atoms with Crippen LogP contribution in [0.5, 0.6) is 0 Å². The first kappa shape index (κ1) is 6.81. The van der Waals surface area contributed by atoms with Gasteiger partial charge in [-0.25, -0.2) is 4.98 Å². The number of aromatic nitrogens is 1. The van der Waals surface area contributed by atoms with Crippen molar-refractivity contribution in [1.29, 1.82) is 0 Å². The lowest BCUT2D eigenvalue weighted by Crippen LogP contribution is -2.19. The molecular weight excluding hydrogens is 126 g/mol. The van der Waals surface area contributed by atoms with Crippen molar-refractivity contribution in [2.24, 2.45) is 0 Å². The third-order valence-corrected chi connectivity index (χ3v) is 1.06. The fraction of sp³-hybridized carbons (Fsp3) is 0.125. The fourth-order valence-corrected chi connectivity index (χ4v) is 0.630. The molecule has 0 aliphatic rings. The molecule has 0 bridgehead atoms. The quantitative estimate of drug-likeness (QED) is 0.558. The van der Waals surface area contributed by atoms with E-state index in [0.29, 0.717) is 5.42 Å². The van der Waals surface area contributed by atoms with E-state index in [4.69, 9.17) is 4.42 Å². The number of rotatable bonds is 1. The molecule has 0 saturated heterocycles. The van der Waals surface area contributed by atoms with Gasteiger partial charge in [-0.1, -0.05) is 18.7 Å². The molecule has 1 heterocycles. The van der Waals surface area contributed by atoms with Crippen molar-refractivity contribution in [3.63, 3.8) is 0 Å². The molecule has 0 spiro atoms. The molecule has 0 aromatic carbocycles. The summed E-state index contributed by atoms with van der Waals surface area (Å²) in [7, 11) is 0. The predicted molar refractivity (Wildman–Crippen MR) is 40.6 cm³/mol. The van der Waals surface area contributed by atoms with Crippen molar-refractivity contribution in [1.82, 2.24) is 4.98 Å². The zero-order valence-corrected chi connectivity index (χ0v) is 5.92. The van der Waals surface area contributed by atoms with Gasteiger partial charge in [0.25, 0.3) is 0 Å². The van der Waals surface area contributed by atoms with Crippen LogP contribution in [0.3, 0.4) is 0 Å². The summed E-state index contributed by atoms with van der Waals surface area (Å²) < 4.78 is 4.87. The standard InChI is InChI=1S/C8H9NO/c1-6(2)4-8-7(3)10-5-9-8/h4-5H,1,3H2,2H3/b8-4+. The van der Waals surface area contributed by atoms with Crippen LogP contribution in [0.1, 0.15) is 6.92 Å². The number of nitrogens with zero attached hydrogens (tertiary/aromatic N) is 1. The van der Waals surface area contributed by atoms with E-state index in [9.17, 15) is 0 Å². The molecule has 0 aliphatic carbocycles. The molecule has 0 atom stereocenters. The SMILES string of the molecule is C=C(C)/C=c1/ncoc1=C. The van der Waals surface area contributed by atoms with E-state index in [0.717, 1.165) is 10.9 Å². The van der Waals surface area contributed by atoms with Gasteiger partial charge in [-0.3, -0.25) is 0 Å². The number of hydrogen-bond acceptors (Lipinski definition) is 2. The Morgan fingerprint density at radius 3 is 2.90 bits per heavy atom. The maximum atomic E-state index is 4.87. The van der Waals surface area contributed by atoms with Gasteiger partial charge in [-0.15, -0.1) is 0 Å². The third-order valence-electron chi connectivity index (χ3n) is 1.06. The van der Waals surface area contributed by atoms with Crippen molar-refractivity contribution in [3.05, 3.63) is 29.3 Å². The summed E-state index contributed by atoms with van der Waals surface area (Å²) in [6.07, 6.45) is 3.20. The normalized spacial score (nSPS) is 11.9. The summed E-state index contributed by atoms with van der Waals surface area (Å²) in [5.41, 5.74) is 1.53. The summed E-state index contributed by atoms with van der Waals surface area (Å²) in [4.78, 5) is 3.91. The average molecular weight is 135 g/mol. The lowest BCUT2D eigenvalue weighted by molar-refractivity contribution is 0.526. The first-order chi connectivity index (χ1) is 4.70. The Labute approximate surface area is 59.2 Å². The molecule has 2 heteroatoms. The second-order valence-electron chi connectivity index (χ2n) is 2.15. The van der Waals surface area contributed by atoms with E-state index >= 15 is 0 Å². The molecule has 1 aromatic heterocycles. The maximum absolute atomic E-state index is 4.87. The van der Waals surface area contributed by atoms with E-state index in [1.54, 1.807) is 0 Å². The second-order valence-corrected chi connectivity index (χ2v) is 2.15. The molecule has 2 nitrogen and oxygen atoms in total. The monoisotopic (exact) mass is 135 g/mol. The molecule has 0 unspecified atom stereocenters. The van der Waals surface area contributed by atoms with Crippen LogP contribution in [0, 0.1) is 0 Å². The molecule has 1 rings (SSSR count). The first-order valence-corrected chi connectivity index (χ1v) is 2.96.